The van der Waals surface area contributed by atoms with Crippen LogP contribution in [0.15, 0.2) is 71.3 Å². The highest BCUT2D eigenvalue weighted by molar-refractivity contribution is 9.10. The van der Waals surface area contributed by atoms with Gasteiger partial charge >= 0.3 is 0 Å². The monoisotopic (exact) mass is 797 g/mol. The van der Waals surface area contributed by atoms with Gasteiger partial charge in [0.25, 0.3) is 5.91 Å². The van der Waals surface area contributed by atoms with Gasteiger partial charge in [0.1, 0.15) is 13.1 Å². The number of hydrogen-bond acceptors (Lipinski definition) is 7. The Kier molecular flexibility index (Phi) is 31.9. The van der Waals surface area contributed by atoms with Gasteiger partial charge in [-0.3, -0.25) is 19.4 Å². The van der Waals surface area contributed by atoms with Crippen molar-refractivity contribution in [1.29, 1.82) is 0 Å². The summed E-state index contributed by atoms with van der Waals surface area (Å²) in [6.45, 7) is 20.6. The number of pyridine rings is 1. The molecule has 53 heavy (non-hydrogen) atoms. The molecule has 9 nitrogen and oxygen atoms in total. The molecule has 0 aliphatic heterocycles. The summed E-state index contributed by atoms with van der Waals surface area (Å²) in [6.07, 6.45) is 8.19. The van der Waals surface area contributed by atoms with Gasteiger partial charge in [-0.05, 0) is 132 Å². The van der Waals surface area contributed by atoms with Gasteiger partial charge in [-0.1, -0.05) is 75.7 Å². The molecule has 2 amide bonds. The number of carbonyl (C=O) groups excluding carboxylic acids is 4. The van der Waals surface area contributed by atoms with Crippen LogP contribution < -0.4 is 21.3 Å². The van der Waals surface area contributed by atoms with Crippen LogP contribution in [0.25, 0.3) is 0 Å². The minimum Gasteiger partial charge on any atom is -0.356 e. The average molecular weight is 799 g/mol. The van der Waals surface area contributed by atoms with Crippen LogP contribution in [-0.2, 0) is 9.59 Å². The largest absolute Gasteiger partial charge is 0.356 e. The lowest BCUT2D eigenvalue weighted by Gasteiger charge is -2.14. The molecule has 1 aromatic heterocycles. The quantitative estimate of drug-likeness (QED) is 0.0948. The minimum absolute atomic E-state index is 0.107. The number of rotatable bonds is 14. The molecular formula is C43H68BrN5O4. The Balaban J connectivity index is 0. The van der Waals surface area contributed by atoms with Crippen molar-refractivity contribution >= 4 is 40.8 Å². The highest BCUT2D eigenvalue weighted by atomic mass is 79.9. The van der Waals surface area contributed by atoms with E-state index in [-0.39, 0.29) is 17.7 Å². The average Bonchev–Trinajstić information content (AvgIpc) is 4.03. The van der Waals surface area contributed by atoms with E-state index in [1.54, 1.807) is 12.3 Å². The van der Waals surface area contributed by atoms with Crippen molar-refractivity contribution < 1.29 is 19.2 Å². The summed E-state index contributed by atoms with van der Waals surface area (Å²) in [6, 6.07) is 20.1. The van der Waals surface area contributed by atoms with Crippen molar-refractivity contribution in [3.8, 4) is 0 Å². The molecule has 0 spiro atoms. The van der Waals surface area contributed by atoms with Crippen LogP contribution in [0.1, 0.15) is 130 Å². The highest BCUT2D eigenvalue weighted by Crippen LogP contribution is 2.27. The minimum atomic E-state index is -0.107. The first-order chi connectivity index (χ1) is 25.4. The number of hydrogen-bond donors (Lipinski definition) is 4. The lowest BCUT2D eigenvalue weighted by Crippen LogP contribution is -2.29. The molecule has 3 aromatic rings. The Labute approximate surface area is 329 Å². The van der Waals surface area contributed by atoms with Crippen LogP contribution in [0.2, 0.25) is 0 Å². The van der Waals surface area contributed by atoms with Crippen molar-refractivity contribution in [2.45, 2.75) is 99.5 Å². The zero-order valence-corrected chi connectivity index (χ0v) is 35.6. The summed E-state index contributed by atoms with van der Waals surface area (Å²) in [5.74, 6) is 1.34. The fourth-order valence-corrected chi connectivity index (χ4v) is 4.65. The lowest BCUT2D eigenvalue weighted by atomic mass is 9.93. The third-order valence-corrected chi connectivity index (χ3v) is 8.48. The van der Waals surface area contributed by atoms with E-state index < -0.39 is 0 Å². The van der Waals surface area contributed by atoms with Crippen LogP contribution >= 0.6 is 15.9 Å². The van der Waals surface area contributed by atoms with E-state index in [0.717, 1.165) is 60.3 Å². The molecule has 1 unspecified atom stereocenters. The highest BCUT2D eigenvalue weighted by Gasteiger charge is 2.22. The molecule has 2 aromatic carbocycles. The van der Waals surface area contributed by atoms with Gasteiger partial charge < -0.3 is 26.1 Å². The standard InChI is InChI=1S/C17H26N2O2.C9H12BrN.C8H15NO.C6H7N.C2H6.CH2O/c1-4-7-19-17(21)16-10-14(12-20)9-15(11-16)13(2)6-5-8-18-3;1-7(11-2)8-3-5-9(10)6-4-8;1-6(2)8(10)9-5-7-3-4-7;1-6-4-2-3-5-7-6;2*1-2/h9-13,18H,4-8H2,1-3H3,(H,19,21);3-7,11H,1-2H3;6-7H,3-5H2,1-2H3,(H,9,10);2-5H,1H3;1-2H3;1H2/t;7-;;;;/m.1..../s1. The summed E-state index contributed by atoms with van der Waals surface area (Å²) >= 11 is 3.40. The third-order valence-electron chi connectivity index (χ3n) is 7.95. The van der Waals surface area contributed by atoms with E-state index in [2.05, 4.69) is 80.3 Å². The fourth-order valence-electron chi connectivity index (χ4n) is 4.39. The summed E-state index contributed by atoms with van der Waals surface area (Å²) in [4.78, 5) is 46.1. The number of benzene rings is 2. The SMILES string of the molecule is C=O.CC.CC(C)C(=O)NCC1CC1.CCCNC(=O)c1cc(C=O)cc(C(C)CCCNC)c1.CN[C@H](C)c1ccc(Br)cc1.Cc1ccccn1. The van der Waals surface area contributed by atoms with Crippen LogP contribution in [0.4, 0.5) is 0 Å². The first-order valence-electron chi connectivity index (χ1n) is 18.8. The number of halogens is 1. The topological polar surface area (TPSA) is 129 Å². The van der Waals surface area contributed by atoms with Gasteiger partial charge in [-0.2, -0.15) is 0 Å². The molecule has 1 fully saturated rings. The number of aromatic nitrogens is 1. The van der Waals surface area contributed by atoms with E-state index in [1.165, 1.54) is 18.4 Å². The fraction of sp³-hybridized carbons (Fsp3) is 0.512. The number of aryl methyl sites for hydroxylation is 1. The zero-order chi connectivity index (χ0) is 40.6. The molecule has 1 aliphatic rings. The first-order valence-corrected chi connectivity index (χ1v) is 19.6. The molecule has 296 valence electrons. The predicted molar refractivity (Wildman–Crippen MR) is 226 cm³/mol. The maximum absolute atomic E-state index is 12.1. The van der Waals surface area contributed by atoms with Crippen LogP contribution in [0, 0.1) is 18.8 Å². The summed E-state index contributed by atoms with van der Waals surface area (Å²) < 4.78 is 1.13. The molecule has 4 N–H and O–H groups in total. The smallest absolute Gasteiger partial charge is 0.251 e. The van der Waals surface area contributed by atoms with Crippen molar-refractivity contribution in [3.63, 3.8) is 0 Å². The normalized spacial score (nSPS) is 12.1. The zero-order valence-electron chi connectivity index (χ0n) is 34.1. The van der Waals surface area contributed by atoms with E-state index >= 15 is 0 Å². The second-order valence-corrected chi connectivity index (χ2v) is 13.7. The first kappa shape index (κ1) is 51.4. The molecule has 0 bridgehead atoms. The van der Waals surface area contributed by atoms with E-state index in [4.69, 9.17) is 4.79 Å². The number of aldehydes is 1. The lowest BCUT2D eigenvalue weighted by molar-refractivity contribution is -0.124. The van der Waals surface area contributed by atoms with E-state index in [0.29, 0.717) is 29.6 Å². The molecule has 1 saturated carbocycles. The van der Waals surface area contributed by atoms with Crippen molar-refractivity contribution in [2.24, 2.45) is 11.8 Å². The van der Waals surface area contributed by atoms with Gasteiger partial charge in [0.15, 0.2) is 0 Å². The number of amides is 2. The van der Waals surface area contributed by atoms with Gasteiger partial charge in [-0.15, -0.1) is 0 Å². The summed E-state index contributed by atoms with van der Waals surface area (Å²) in [7, 11) is 3.90. The summed E-state index contributed by atoms with van der Waals surface area (Å²) in [5, 5.41) is 12.1. The third kappa shape index (κ3) is 25.8. The Hall–Kier alpha value is -3.73. The van der Waals surface area contributed by atoms with Crippen LogP contribution in [-0.4, -0.2) is 63.6 Å². The second-order valence-electron chi connectivity index (χ2n) is 12.8. The maximum atomic E-state index is 12.1. The second kappa shape index (κ2) is 32.9. The number of nitrogens with zero attached hydrogens (tertiary/aromatic N) is 1. The molecule has 1 aliphatic carbocycles. The van der Waals surface area contributed by atoms with Gasteiger partial charge in [0.05, 0.1) is 0 Å². The number of carbonyl (C=O) groups is 4. The Morgan fingerprint density at radius 1 is 0.925 bits per heavy atom. The Bertz CT molecular complexity index is 1370. The van der Waals surface area contributed by atoms with Gasteiger partial charge in [0, 0.05) is 52.5 Å². The van der Waals surface area contributed by atoms with Crippen LogP contribution in [0.5, 0.6) is 0 Å². The number of nitrogens with one attached hydrogen (secondary N) is 4. The molecule has 4 rings (SSSR count). The Morgan fingerprint density at radius 3 is 2.02 bits per heavy atom. The maximum Gasteiger partial charge on any atom is 0.251 e. The predicted octanol–water partition coefficient (Wildman–Crippen LogP) is 8.87. The molecule has 1 heterocycles. The van der Waals surface area contributed by atoms with Crippen molar-refractivity contribution in [1.82, 2.24) is 26.3 Å². The molecule has 10 heteroatoms. The molecule has 0 saturated heterocycles. The van der Waals surface area contributed by atoms with E-state index in [9.17, 15) is 14.4 Å². The van der Waals surface area contributed by atoms with Gasteiger partial charge in [0.2, 0.25) is 5.91 Å². The molecular weight excluding hydrogens is 730 g/mol. The molecule has 2 atom stereocenters. The van der Waals surface area contributed by atoms with Crippen molar-refractivity contribution in [3.05, 3.63) is 99.3 Å². The summed E-state index contributed by atoms with van der Waals surface area (Å²) in [5.41, 5.74) is 4.58. The Morgan fingerprint density at radius 2 is 1.57 bits per heavy atom. The molecule has 0 radical (unpaired) electrons. The van der Waals surface area contributed by atoms with E-state index in [1.807, 2.05) is 92.8 Å². The van der Waals surface area contributed by atoms with Crippen LogP contribution in [0.3, 0.4) is 0 Å². The van der Waals surface area contributed by atoms with Crippen molar-refractivity contribution in [2.75, 3.05) is 33.7 Å². The van der Waals surface area contributed by atoms with Gasteiger partial charge in [-0.25, -0.2) is 0 Å².